The van der Waals surface area contributed by atoms with Crippen LogP contribution >= 0.6 is 12.4 Å². The Hall–Kier alpha value is -1.22. The quantitative estimate of drug-likeness (QED) is 0.642. The minimum atomic E-state index is -3.90. The number of nitro benzene ring substituents is 1. The molecule has 0 radical (unpaired) electrons. The van der Waals surface area contributed by atoms with Gasteiger partial charge in [-0.05, 0) is 44.1 Å². The molecule has 3 rings (SSSR count). The monoisotopic (exact) mass is 375 g/mol. The average molecular weight is 376 g/mol. The predicted octanol–water partition coefficient (Wildman–Crippen LogP) is 1.99. The molecule has 7 nitrogen and oxygen atoms in total. The number of nitro groups is 1. The number of fused-ring (bicyclic) bond motifs is 1. The second-order valence-electron chi connectivity index (χ2n) is 6.62. The first kappa shape index (κ1) is 19.1. The van der Waals surface area contributed by atoms with Crippen LogP contribution in [0.25, 0.3) is 0 Å². The molecule has 2 N–H and O–H groups in total. The van der Waals surface area contributed by atoms with Crippen molar-refractivity contribution in [1.29, 1.82) is 0 Å². The van der Waals surface area contributed by atoms with Crippen molar-refractivity contribution in [1.82, 2.24) is 4.31 Å². The number of sulfonamides is 1. The van der Waals surface area contributed by atoms with Crippen LogP contribution in [0.5, 0.6) is 0 Å². The van der Waals surface area contributed by atoms with E-state index in [9.17, 15) is 18.5 Å². The molecule has 1 aromatic rings. The minimum Gasteiger partial charge on any atom is -0.327 e. The Labute approximate surface area is 147 Å². The van der Waals surface area contributed by atoms with Crippen LogP contribution in [0.3, 0.4) is 0 Å². The highest BCUT2D eigenvalue weighted by atomic mass is 35.5. The van der Waals surface area contributed by atoms with Crippen molar-refractivity contribution in [3.05, 3.63) is 33.4 Å². The minimum absolute atomic E-state index is 0. The van der Waals surface area contributed by atoms with Gasteiger partial charge in [-0.1, -0.05) is 12.1 Å². The lowest BCUT2D eigenvalue weighted by molar-refractivity contribution is -0.388. The molecule has 2 aliphatic rings. The topological polar surface area (TPSA) is 107 Å². The van der Waals surface area contributed by atoms with Crippen molar-refractivity contribution < 1.29 is 13.3 Å². The van der Waals surface area contributed by atoms with Crippen molar-refractivity contribution in [2.45, 2.75) is 37.6 Å². The van der Waals surface area contributed by atoms with Crippen LogP contribution in [0.15, 0.2) is 17.0 Å². The zero-order valence-corrected chi connectivity index (χ0v) is 15.3. The molecule has 0 bridgehead atoms. The van der Waals surface area contributed by atoms with Gasteiger partial charge in [-0.2, -0.15) is 4.31 Å². The van der Waals surface area contributed by atoms with Crippen LogP contribution in [-0.4, -0.2) is 36.8 Å². The SMILES string of the molecule is Cc1ccc(C)c(S(=O)(=O)N2CC3CCC(N)C3C2)c1[N+](=O)[O-].Cl. The molecule has 2 fully saturated rings. The first-order valence-electron chi connectivity index (χ1n) is 7.73. The van der Waals surface area contributed by atoms with Gasteiger partial charge in [-0.15, -0.1) is 12.4 Å². The summed E-state index contributed by atoms with van der Waals surface area (Å²) in [4.78, 5) is 10.6. The Morgan fingerprint density at radius 3 is 2.42 bits per heavy atom. The van der Waals surface area contributed by atoms with E-state index in [-0.39, 0.29) is 40.9 Å². The van der Waals surface area contributed by atoms with Gasteiger partial charge in [0.25, 0.3) is 5.69 Å². The fourth-order valence-corrected chi connectivity index (χ4v) is 5.88. The standard InChI is InChI=1S/C15H21N3O4S.ClH/c1-9-3-4-10(2)15(14(9)18(19)20)23(21,22)17-7-11-5-6-13(16)12(11)8-17;/h3-4,11-13H,5-8,16H2,1-2H3;1H. The van der Waals surface area contributed by atoms with Gasteiger partial charge in [0.1, 0.15) is 0 Å². The summed E-state index contributed by atoms with van der Waals surface area (Å²) >= 11 is 0. The lowest BCUT2D eigenvalue weighted by atomic mass is 9.98. The summed E-state index contributed by atoms with van der Waals surface area (Å²) in [6.07, 6.45) is 1.85. The number of hydrogen-bond donors (Lipinski definition) is 1. The van der Waals surface area contributed by atoms with Crippen LogP contribution in [0.1, 0.15) is 24.0 Å². The molecule has 0 spiro atoms. The largest absolute Gasteiger partial charge is 0.327 e. The molecule has 1 saturated carbocycles. The fourth-order valence-electron chi connectivity index (χ4n) is 3.91. The Morgan fingerprint density at radius 1 is 1.21 bits per heavy atom. The lowest BCUT2D eigenvalue weighted by Crippen LogP contribution is -2.34. The fraction of sp³-hybridized carbons (Fsp3) is 0.600. The highest BCUT2D eigenvalue weighted by Gasteiger charge is 2.46. The van der Waals surface area contributed by atoms with E-state index >= 15 is 0 Å². The Morgan fingerprint density at radius 2 is 1.83 bits per heavy atom. The smallest absolute Gasteiger partial charge is 0.292 e. The second-order valence-corrected chi connectivity index (χ2v) is 8.50. The molecule has 0 aromatic heterocycles. The highest BCUT2D eigenvalue weighted by molar-refractivity contribution is 7.89. The number of nitrogens with zero attached hydrogens (tertiary/aromatic N) is 2. The van der Waals surface area contributed by atoms with Gasteiger partial charge in [0.05, 0.1) is 4.92 Å². The molecule has 1 heterocycles. The summed E-state index contributed by atoms with van der Waals surface area (Å²) in [6.45, 7) is 3.93. The zero-order chi connectivity index (χ0) is 16.9. The third-order valence-corrected chi connectivity index (χ3v) is 7.20. The summed E-state index contributed by atoms with van der Waals surface area (Å²) < 4.78 is 27.5. The maximum Gasteiger partial charge on any atom is 0.292 e. The Kier molecular flexibility index (Phi) is 5.25. The third kappa shape index (κ3) is 2.92. The summed E-state index contributed by atoms with van der Waals surface area (Å²) in [5.74, 6) is 0.429. The van der Waals surface area contributed by atoms with Crippen molar-refractivity contribution in [3.63, 3.8) is 0 Å². The summed E-state index contributed by atoms with van der Waals surface area (Å²) in [6, 6.07) is 3.23. The molecule has 1 saturated heterocycles. The van der Waals surface area contributed by atoms with Crippen LogP contribution in [0.2, 0.25) is 0 Å². The molecule has 1 aromatic carbocycles. The lowest BCUT2D eigenvalue weighted by Gasteiger charge is -2.20. The van der Waals surface area contributed by atoms with Crippen molar-refractivity contribution in [2.24, 2.45) is 17.6 Å². The number of hydrogen-bond acceptors (Lipinski definition) is 5. The van der Waals surface area contributed by atoms with E-state index in [0.29, 0.717) is 24.2 Å². The van der Waals surface area contributed by atoms with Gasteiger partial charge in [-0.25, -0.2) is 8.42 Å². The van der Waals surface area contributed by atoms with Crippen LogP contribution in [-0.2, 0) is 10.0 Å². The Bertz CT molecular complexity index is 768. The highest BCUT2D eigenvalue weighted by Crippen LogP contribution is 2.41. The maximum atomic E-state index is 13.1. The number of halogens is 1. The molecule has 0 amide bonds. The molecule has 134 valence electrons. The number of rotatable bonds is 3. The molecule has 1 aliphatic carbocycles. The van der Waals surface area contributed by atoms with Gasteiger partial charge in [0.15, 0.2) is 4.90 Å². The maximum absolute atomic E-state index is 13.1. The number of aryl methyl sites for hydroxylation is 2. The van der Waals surface area contributed by atoms with Crippen LogP contribution in [0, 0.1) is 35.8 Å². The Balaban J connectivity index is 0.00000208. The molecular weight excluding hydrogens is 354 g/mol. The molecule has 1 aliphatic heterocycles. The van der Waals surface area contributed by atoms with Gasteiger partial charge in [0, 0.05) is 24.7 Å². The first-order valence-corrected chi connectivity index (χ1v) is 9.17. The molecule has 24 heavy (non-hydrogen) atoms. The van der Waals surface area contributed by atoms with E-state index in [2.05, 4.69) is 0 Å². The normalized spacial score (nSPS) is 26.9. The van der Waals surface area contributed by atoms with E-state index in [1.54, 1.807) is 26.0 Å². The van der Waals surface area contributed by atoms with E-state index in [0.717, 1.165) is 12.8 Å². The third-order valence-electron chi connectivity index (χ3n) is 5.19. The number of nitrogens with two attached hydrogens (primary N) is 1. The second kappa shape index (κ2) is 6.59. The molecule has 3 atom stereocenters. The van der Waals surface area contributed by atoms with Crippen molar-refractivity contribution in [2.75, 3.05) is 13.1 Å². The summed E-state index contributed by atoms with van der Waals surface area (Å²) in [5.41, 5.74) is 6.52. The van der Waals surface area contributed by atoms with Gasteiger partial charge < -0.3 is 5.73 Å². The molecule has 3 unspecified atom stereocenters. The van der Waals surface area contributed by atoms with E-state index < -0.39 is 14.9 Å². The van der Waals surface area contributed by atoms with E-state index in [4.69, 9.17) is 5.73 Å². The predicted molar refractivity (Wildman–Crippen MR) is 92.8 cm³/mol. The van der Waals surface area contributed by atoms with Crippen LogP contribution in [0.4, 0.5) is 5.69 Å². The molecular formula is C15H22ClN3O4S. The van der Waals surface area contributed by atoms with Crippen molar-refractivity contribution in [3.8, 4) is 0 Å². The average Bonchev–Trinajstić information content (AvgIpc) is 3.03. The van der Waals surface area contributed by atoms with Crippen molar-refractivity contribution >= 4 is 28.1 Å². The van der Waals surface area contributed by atoms with Gasteiger partial charge in [0.2, 0.25) is 10.0 Å². The zero-order valence-electron chi connectivity index (χ0n) is 13.6. The summed E-state index contributed by atoms with van der Waals surface area (Å²) in [7, 11) is -3.90. The summed E-state index contributed by atoms with van der Waals surface area (Å²) in [5, 5.41) is 11.4. The van der Waals surface area contributed by atoms with E-state index in [1.165, 1.54) is 4.31 Å². The van der Waals surface area contributed by atoms with Crippen LogP contribution < -0.4 is 5.73 Å². The number of benzene rings is 1. The van der Waals surface area contributed by atoms with E-state index in [1.807, 2.05) is 0 Å². The van der Waals surface area contributed by atoms with Gasteiger partial charge in [-0.3, -0.25) is 10.1 Å². The molecule has 9 heteroatoms. The van der Waals surface area contributed by atoms with Gasteiger partial charge >= 0.3 is 0 Å². The first-order chi connectivity index (χ1) is 10.7.